The highest BCUT2D eigenvalue weighted by Crippen LogP contribution is 2.38. The third kappa shape index (κ3) is 7.40. The van der Waals surface area contributed by atoms with E-state index in [1.807, 2.05) is 7.05 Å². The van der Waals surface area contributed by atoms with Gasteiger partial charge in [0, 0.05) is 43.3 Å². The number of carbonyl (C=O) groups is 2. The van der Waals surface area contributed by atoms with Gasteiger partial charge in [0.2, 0.25) is 5.91 Å². The number of likely N-dealkylation sites (tertiary alicyclic amines) is 1. The fourth-order valence-corrected chi connectivity index (χ4v) is 6.44. The molecule has 2 aliphatic heterocycles. The molecule has 1 aliphatic carbocycles. The van der Waals surface area contributed by atoms with Crippen LogP contribution in [0.1, 0.15) is 32.1 Å². The van der Waals surface area contributed by atoms with Gasteiger partial charge in [0.25, 0.3) is 5.91 Å². The van der Waals surface area contributed by atoms with E-state index in [0.717, 1.165) is 32.7 Å². The predicted molar refractivity (Wildman–Crippen MR) is 159 cm³/mol. The molecular formula is C30H39Cl2N5O3. The molecule has 2 saturated heterocycles. The van der Waals surface area contributed by atoms with Gasteiger partial charge in [-0.1, -0.05) is 29.6 Å². The molecule has 2 atom stereocenters. The van der Waals surface area contributed by atoms with E-state index >= 15 is 0 Å². The van der Waals surface area contributed by atoms with E-state index in [0.29, 0.717) is 45.6 Å². The van der Waals surface area contributed by atoms with Crippen molar-refractivity contribution < 1.29 is 14.3 Å². The summed E-state index contributed by atoms with van der Waals surface area (Å²) in [6, 6.07) is 12.3. The molecule has 40 heavy (non-hydrogen) atoms. The molecule has 0 radical (unpaired) electrons. The number of amides is 2. The largest absolute Gasteiger partial charge is 0.455 e. The van der Waals surface area contributed by atoms with Gasteiger partial charge in [0.05, 0.1) is 18.8 Å². The van der Waals surface area contributed by atoms with Crippen LogP contribution < -0.4 is 15.0 Å². The molecule has 2 aromatic rings. The molecule has 0 bridgehead atoms. The summed E-state index contributed by atoms with van der Waals surface area (Å²) < 4.78 is 6.19. The molecule has 5 rings (SSSR count). The molecule has 0 spiro atoms. The van der Waals surface area contributed by atoms with Gasteiger partial charge in [0.15, 0.2) is 5.75 Å². The maximum absolute atomic E-state index is 13.6. The number of hydrogen-bond acceptors (Lipinski definition) is 6. The number of ether oxygens (including phenoxy) is 1. The van der Waals surface area contributed by atoms with E-state index in [2.05, 4.69) is 15.2 Å². The van der Waals surface area contributed by atoms with Gasteiger partial charge in [-0.15, -0.1) is 0 Å². The Morgan fingerprint density at radius 1 is 0.950 bits per heavy atom. The molecule has 216 valence electrons. The topological polar surface area (TPSA) is 68.4 Å². The zero-order valence-corrected chi connectivity index (χ0v) is 24.7. The minimum Gasteiger partial charge on any atom is -0.455 e. The molecule has 0 unspecified atom stereocenters. The van der Waals surface area contributed by atoms with Gasteiger partial charge in [-0.2, -0.15) is 0 Å². The van der Waals surface area contributed by atoms with Crippen LogP contribution >= 0.6 is 23.2 Å². The molecule has 2 heterocycles. The van der Waals surface area contributed by atoms with Crippen molar-refractivity contribution in [2.75, 3.05) is 64.3 Å². The summed E-state index contributed by atoms with van der Waals surface area (Å²) in [5, 5.41) is 8.03. The highest BCUT2D eigenvalue weighted by Gasteiger charge is 2.38. The summed E-state index contributed by atoms with van der Waals surface area (Å²) in [5.74, 6) is 2.20. The second-order valence-corrected chi connectivity index (χ2v) is 12.0. The molecule has 3 aliphatic rings. The lowest BCUT2D eigenvalue weighted by molar-refractivity contribution is -0.142. The fourth-order valence-electron chi connectivity index (χ4n) is 6.15. The van der Waals surface area contributed by atoms with Crippen molar-refractivity contribution in [1.82, 2.24) is 20.2 Å². The predicted octanol–water partition coefficient (Wildman–Crippen LogP) is 4.91. The first-order chi connectivity index (χ1) is 19.4. The number of halogens is 2. The Morgan fingerprint density at radius 3 is 2.33 bits per heavy atom. The van der Waals surface area contributed by atoms with Gasteiger partial charge < -0.3 is 19.9 Å². The Hall–Kier alpha value is -2.52. The minimum atomic E-state index is -0.150. The first-order valence-electron chi connectivity index (χ1n) is 14.3. The molecule has 10 heteroatoms. The van der Waals surface area contributed by atoms with E-state index in [4.69, 9.17) is 27.9 Å². The third-order valence-electron chi connectivity index (χ3n) is 8.40. The molecule has 1 saturated carbocycles. The van der Waals surface area contributed by atoms with Crippen LogP contribution in [0.25, 0.3) is 0 Å². The summed E-state index contributed by atoms with van der Waals surface area (Å²) >= 11 is 12.5. The van der Waals surface area contributed by atoms with Gasteiger partial charge >= 0.3 is 0 Å². The quantitative estimate of drug-likeness (QED) is 0.403. The Labute approximate surface area is 247 Å². The fraction of sp³-hybridized carbons (Fsp3) is 0.533. The lowest BCUT2D eigenvalue weighted by atomic mass is 10.0. The number of fused-ring (bicyclic) bond motifs is 1. The van der Waals surface area contributed by atoms with Crippen molar-refractivity contribution in [2.45, 2.75) is 32.1 Å². The van der Waals surface area contributed by atoms with Crippen LogP contribution in [0.2, 0.25) is 10.0 Å². The summed E-state index contributed by atoms with van der Waals surface area (Å²) in [6.45, 7) is 5.39. The number of likely N-dealkylation sites (N-methyl/N-ethyl adjacent to an activating group) is 1. The van der Waals surface area contributed by atoms with Crippen molar-refractivity contribution in [1.29, 1.82) is 0 Å². The van der Waals surface area contributed by atoms with Crippen molar-refractivity contribution in [3.8, 4) is 11.5 Å². The number of hydrazine groups is 1. The van der Waals surface area contributed by atoms with Crippen molar-refractivity contribution in [2.24, 2.45) is 11.8 Å². The van der Waals surface area contributed by atoms with Crippen LogP contribution in [0.4, 0.5) is 5.69 Å². The summed E-state index contributed by atoms with van der Waals surface area (Å²) in [5.41, 5.74) is 0.581. The van der Waals surface area contributed by atoms with E-state index in [1.165, 1.54) is 32.1 Å². The average molecular weight is 589 g/mol. The van der Waals surface area contributed by atoms with Gasteiger partial charge in [-0.05, 0) is 93.1 Å². The first kappa shape index (κ1) is 29.0. The molecule has 0 aromatic heterocycles. The van der Waals surface area contributed by atoms with E-state index in [-0.39, 0.29) is 24.9 Å². The van der Waals surface area contributed by atoms with Crippen LogP contribution in [0, 0.1) is 11.8 Å². The normalized spacial score (nSPS) is 20.9. The van der Waals surface area contributed by atoms with Gasteiger partial charge in [0.1, 0.15) is 5.75 Å². The average Bonchev–Trinajstić information content (AvgIpc) is 3.69. The Bertz CT molecular complexity index is 1160. The number of nitrogens with one attached hydrogen (secondary N) is 1. The maximum Gasteiger partial charge on any atom is 0.256 e. The number of carbonyl (C=O) groups excluding carboxylic acids is 2. The van der Waals surface area contributed by atoms with Gasteiger partial charge in [-0.3, -0.25) is 14.6 Å². The number of rotatable bonds is 11. The molecule has 8 nitrogen and oxygen atoms in total. The smallest absolute Gasteiger partial charge is 0.256 e. The summed E-state index contributed by atoms with van der Waals surface area (Å²) in [4.78, 5) is 30.9. The second kappa shape index (κ2) is 13.4. The zero-order chi connectivity index (χ0) is 28.1. The van der Waals surface area contributed by atoms with E-state index < -0.39 is 0 Å². The monoisotopic (exact) mass is 587 g/mol. The van der Waals surface area contributed by atoms with Crippen LogP contribution in [-0.4, -0.2) is 86.1 Å². The van der Waals surface area contributed by atoms with Crippen molar-refractivity contribution in [3.63, 3.8) is 0 Å². The lowest BCUT2D eigenvalue weighted by Gasteiger charge is -2.32. The molecular weight excluding hydrogens is 549 g/mol. The zero-order valence-electron chi connectivity index (χ0n) is 23.2. The molecule has 3 fully saturated rings. The Morgan fingerprint density at radius 2 is 1.62 bits per heavy atom. The summed E-state index contributed by atoms with van der Waals surface area (Å²) in [6.07, 6.45) is 6.18. The molecule has 2 amide bonds. The maximum atomic E-state index is 13.6. The highest BCUT2D eigenvalue weighted by molar-refractivity contribution is 6.31. The van der Waals surface area contributed by atoms with E-state index in [9.17, 15) is 9.59 Å². The Balaban J connectivity index is 1.32. The minimum absolute atomic E-state index is 0.00213. The standard InChI is InChI=1S/C30H39Cl2N5O3/c1-34(37-18-22-5-4-6-23(22)19-37)30(39)21-36(20-29(38)33-13-16-35-14-2-3-15-35)27-17-25(32)9-12-28(27)40-26-10-7-24(31)8-11-26/h7-12,17,22-23H,2-6,13-16,18-21H2,1H3,(H,33,38)/t22-,23+. The van der Waals surface area contributed by atoms with Gasteiger partial charge in [-0.25, -0.2) is 5.01 Å². The number of benzene rings is 2. The van der Waals surface area contributed by atoms with Crippen LogP contribution in [0.3, 0.4) is 0 Å². The lowest BCUT2D eigenvalue weighted by Crippen LogP contribution is -2.49. The van der Waals surface area contributed by atoms with Crippen LogP contribution in [-0.2, 0) is 9.59 Å². The van der Waals surface area contributed by atoms with Crippen LogP contribution in [0.5, 0.6) is 11.5 Å². The number of nitrogens with zero attached hydrogens (tertiary/aromatic N) is 4. The van der Waals surface area contributed by atoms with Crippen molar-refractivity contribution >= 4 is 40.7 Å². The Kier molecular flexibility index (Phi) is 9.73. The van der Waals surface area contributed by atoms with Crippen molar-refractivity contribution in [3.05, 3.63) is 52.5 Å². The third-order valence-corrected chi connectivity index (χ3v) is 8.89. The first-order valence-corrected chi connectivity index (χ1v) is 15.1. The second-order valence-electron chi connectivity index (χ2n) is 11.2. The van der Waals surface area contributed by atoms with Crippen LogP contribution in [0.15, 0.2) is 42.5 Å². The van der Waals surface area contributed by atoms with E-state index in [1.54, 1.807) is 52.4 Å². The molecule has 1 N–H and O–H groups in total. The number of hydrogen-bond donors (Lipinski definition) is 1. The molecule has 2 aromatic carbocycles. The number of anilines is 1. The SMILES string of the molecule is CN(C(=O)CN(CC(=O)NCCN1CCCC1)c1cc(Cl)ccc1Oc1ccc(Cl)cc1)N1C[C@H]2CCC[C@H]2C1. The highest BCUT2D eigenvalue weighted by atomic mass is 35.5. The summed E-state index contributed by atoms with van der Waals surface area (Å²) in [7, 11) is 1.83.